The average molecular weight is 200 g/mol. The first kappa shape index (κ1) is 11.2. The van der Waals surface area contributed by atoms with Gasteiger partial charge in [0.25, 0.3) is 0 Å². The van der Waals surface area contributed by atoms with Crippen molar-refractivity contribution in [1.29, 1.82) is 0 Å². The van der Waals surface area contributed by atoms with Crippen molar-refractivity contribution in [2.45, 2.75) is 32.0 Å². The van der Waals surface area contributed by atoms with Gasteiger partial charge in [0.2, 0.25) is 0 Å². The molecule has 1 rings (SSSR count). The van der Waals surface area contributed by atoms with Gasteiger partial charge >= 0.3 is 5.97 Å². The zero-order valence-electron chi connectivity index (χ0n) is 8.15. The summed E-state index contributed by atoms with van der Waals surface area (Å²) in [7, 11) is 0. The second kappa shape index (κ2) is 6.56. The summed E-state index contributed by atoms with van der Waals surface area (Å²) < 4.78 is 10.7. The first-order chi connectivity index (χ1) is 6.79. The second-order valence-electron chi connectivity index (χ2n) is 3.20. The third-order valence-corrected chi connectivity index (χ3v) is 1.99. The fraction of sp³-hybridized carbons (Fsp3) is 0.700. The molecule has 0 saturated carbocycles. The smallest absolute Gasteiger partial charge is 0.327 e. The zero-order valence-corrected chi connectivity index (χ0v) is 8.15. The lowest BCUT2D eigenvalue weighted by atomic mass is 10.2. The van der Waals surface area contributed by atoms with E-state index in [0.29, 0.717) is 13.0 Å². The molecule has 1 fully saturated rings. The number of carboxylic acids is 1. The number of hydrogen-bond donors (Lipinski definition) is 1. The van der Waals surface area contributed by atoms with Crippen molar-refractivity contribution in [3.8, 4) is 0 Å². The van der Waals surface area contributed by atoms with E-state index in [1.807, 2.05) is 0 Å². The molecule has 80 valence electrons. The zero-order chi connectivity index (χ0) is 10.2. The molecule has 14 heavy (non-hydrogen) atoms. The van der Waals surface area contributed by atoms with Gasteiger partial charge in [0, 0.05) is 12.7 Å². The van der Waals surface area contributed by atoms with Gasteiger partial charge in [-0.1, -0.05) is 6.08 Å². The highest BCUT2D eigenvalue weighted by atomic mass is 16.7. The maximum absolute atomic E-state index is 10.1. The van der Waals surface area contributed by atoms with Crippen LogP contribution in [0.2, 0.25) is 0 Å². The lowest BCUT2D eigenvalue weighted by Gasteiger charge is -2.22. The van der Waals surface area contributed by atoms with Crippen molar-refractivity contribution in [1.82, 2.24) is 0 Å². The van der Waals surface area contributed by atoms with E-state index in [9.17, 15) is 4.79 Å². The van der Waals surface area contributed by atoms with Crippen LogP contribution < -0.4 is 0 Å². The third-order valence-electron chi connectivity index (χ3n) is 1.99. The first-order valence-corrected chi connectivity index (χ1v) is 4.91. The Bertz CT molecular complexity index is 194. The highest BCUT2D eigenvalue weighted by Gasteiger charge is 2.12. The van der Waals surface area contributed by atoms with Crippen LogP contribution in [0, 0.1) is 0 Å². The lowest BCUT2D eigenvalue weighted by Crippen LogP contribution is -2.22. The summed E-state index contributed by atoms with van der Waals surface area (Å²) in [5.74, 6) is -0.918. The number of hydrogen-bond acceptors (Lipinski definition) is 3. The molecule has 1 atom stereocenters. The van der Waals surface area contributed by atoms with E-state index in [4.69, 9.17) is 14.6 Å². The summed E-state index contributed by atoms with van der Waals surface area (Å²) >= 11 is 0. The Morgan fingerprint density at radius 2 is 2.43 bits per heavy atom. The fourth-order valence-electron chi connectivity index (χ4n) is 1.29. The SMILES string of the molecule is O=C(O)C=CCCOC1CCCCO1. The van der Waals surface area contributed by atoms with E-state index >= 15 is 0 Å². The Kier molecular flexibility index (Phi) is 5.25. The Labute approximate surface area is 83.5 Å². The molecule has 0 aromatic rings. The molecule has 1 saturated heterocycles. The normalized spacial score (nSPS) is 22.7. The molecule has 0 amide bonds. The molecule has 4 heteroatoms. The van der Waals surface area contributed by atoms with Crippen LogP contribution in [0.3, 0.4) is 0 Å². The Morgan fingerprint density at radius 1 is 1.57 bits per heavy atom. The Morgan fingerprint density at radius 3 is 3.07 bits per heavy atom. The summed E-state index contributed by atoms with van der Waals surface area (Å²) in [6.45, 7) is 1.30. The van der Waals surface area contributed by atoms with Crippen LogP contribution in [0.5, 0.6) is 0 Å². The van der Waals surface area contributed by atoms with Gasteiger partial charge < -0.3 is 14.6 Å². The minimum atomic E-state index is -0.918. The van der Waals surface area contributed by atoms with Crippen molar-refractivity contribution in [3.63, 3.8) is 0 Å². The Hall–Kier alpha value is -0.870. The highest BCUT2D eigenvalue weighted by Crippen LogP contribution is 2.13. The topological polar surface area (TPSA) is 55.8 Å². The maximum Gasteiger partial charge on any atom is 0.327 e. The van der Waals surface area contributed by atoms with Crippen LogP contribution in [-0.2, 0) is 14.3 Å². The summed E-state index contributed by atoms with van der Waals surface area (Å²) in [6, 6.07) is 0. The van der Waals surface area contributed by atoms with Crippen LogP contribution in [-0.4, -0.2) is 30.6 Å². The van der Waals surface area contributed by atoms with Crippen LogP contribution in [0.4, 0.5) is 0 Å². The van der Waals surface area contributed by atoms with Gasteiger partial charge in [0.05, 0.1) is 6.61 Å². The number of rotatable bonds is 5. The largest absolute Gasteiger partial charge is 0.478 e. The molecule has 0 radical (unpaired) electrons. The van der Waals surface area contributed by atoms with Crippen molar-refractivity contribution >= 4 is 5.97 Å². The van der Waals surface area contributed by atoms with Crippen LogP contribution in [0.15, 0.2) is 12.2 Å². The van der Waals surface area contributed by atoms with E-state index in [1.54, 1.807) is 6.08 Å². The number of aliphatic carboxylic acids is 1. The molecule has 1 unspecified atom stereocenters. The van der Waals surface area contributed by atoms with Crippen molar-refractivity contribution in [2.75, 3.05) is 13.2 Å². The number of carboxylic acid groups (broad SMARTS) is 1. The van der Waals surface area contributed by atoms with E-state index < -0.39 is 5.97 Å². The number of ether oxygens (including phenoxy) is 2. The molecule has 0 bridgehead atoms. The van der Waals surface area contributed by atoms with Gasteiger partial charge in [0.15, 0.2) is 6.29 Å². The quantitative estimate of drug-likeness (QED) is 0.540. The molecular formula is C10H16O4. The summed E-state index contributed by atoms with van der Waals surface area (Å²) in [5.41, 5.74) is 0. The highest BCUT2D eigenvalue weighted by molar-refractivity contribution is 5.79. The molecule has 0 aliphatic carbocycles. The van der Waals surface area contributed by atoms with Crippen molar-refractivity contribution in [2.24, 2.45) is 0 Å². The molecule has 1 heterocycles. The van der Waals surface area contributed by atoms with Gasteiger partial charge in [-0.2, -0.15) is 0 Å². The van der Waals surface area contributed by atoms with Crippen molar-refractivity contribution < 1.29 is 19.4 Å². The monoisotopic (exact) mass is 200 g/mol. The molecular weight excluding hydrogens is 184 g/mol. The molecule has 0 aromatic heterocycles. The summed E-state index contributed by atoms with van der Waals surface area (Å²) in [5, 5.41) is 8.31. The lowest BCUT2D eigenvalue weighted by molar-refractivity contribution is -0.161. The molecule has 1 N–H and O–H groups in total. The average Bonchev–Trinajstić information content (AvgIpc) is 2.18. The van der Waals surface area contributed by atoms with E-state index in [0.717, 1.165) is 31.9 Å². The molecule has 4 nitrogen and oxygen atoms in total. The van der Waals surface area contributed by atoms with Crippen LogP contribution in [0.1, 0.15) is 25.7 Å². The van der Waals surface area contributed by atoms with E-state index in [1.165, 1.54) is 0 Å². The van der Waals surface area contributed by atoms with Gasteiger partial charge in [-0.3, -0.25) is 0 Å². The standard InChI is InChI=1S/C10H16O4/c11-9(12)5-1-3-7-13-10-6-2-4-8-14-10/h1,5,10H,2-4,6-8H2,(H,11,12). The minimum Gasteiger partial charge on any atom is -0.478 e. The van der Waals surface area contributed by atoms with Gasteiger partial charge in [0.1, 0.15) is 0 Å². The van der Waals surface area contributed by atoms with Gasteiger partial charge in [-0.05, 0) is 25.7 Å². The predicted molar refractivity (Wildman–Crippen MR) is 50.9 cm³/mol. The molecule has 1 aliphatic heterocycles. The van der Waals surface area contributed by atoms with Gasteiger partial charge in [-0.15, -0.1) is 0 Å². The minimum absolute atomic E-state index is 0.0815. The molecule has 1 aliphatic rings. The second-order valence-corrected chi connectivity index (χ2v) is 3.20. The number of carbonyl (C=O) groups is 1. The van der Waals surface area contributed by atoms with E-state index in [-0.39, 0.29) is 6.29 Å². The Balaban J connectivity index is 2.00. The molecule has 0 aromatic carbocycles. The van der Waals surface area contributed by atoms with E-state index in [2.05, 4.69) is 0 Å². The fourth-order valence-corrected chi connectivity index (χ4v) is 1.29. The third kappa shape index (κ3) is 4.99. The molecule has 0 spiro atoms. The first-order valence-electron chi connectivity index (χ1n) is 4.91. The van der Waals surface area contributed by atoms with Crippen LogP contribution in [0.25, 0.3) is 0 Å². The maximum atomic E-state index is 10.1. The van der Waals surface area contributed by atoms with Crippen molar-refractivity contribution in [3.05, 3.63) is 12.2 Å². The summed E-state index contributed by atoms with van der Waals surface area (Å²) in [6.07, 6.45) is 6.46. The summed E-state index contributed by atoms with van der Waals surface area (Å²) in [4.78, 5) is 10.1. The van der Waals surface area contributed by atoms with Crippen LogP contribution >= 0.6 is 0 Å². The predicted octanol–water partition coefficient (Wildman–Crippen LogP) is 1.56. The van der Waals surface area contributed by atoms with Gasteiger partial charge in [-0.25, -0.2) is 4.79 Å².